The first kappa shape index (κ1) is 11.8. The van der Waals surface area contributed by atoms with Gasteiger partial charge >= 0.3 is 6.18 Å². The van der Waals surface area contributed by atoms with Gasteiger partial charge in [-0.2, -0.15) is 13.2 Å². The van der Waals surface area contributed by atoms with Crippen molar-refractivity contribution in [2.45, 2.75) is 50.5 Å². The fraction of sp³-hybridized carbons (Fsp3) is 1.00. The van der Waals surface area contributed by atoms with Crippen molar-refractivity contribution < 1.29 is 23.0 Å². The zero-order valence-electron chi connectivity index (χ0n) is 7.89. The number of alkyl halides is 3. The molecule has 0 radical (unpaired) electrons. The monoisotopic (exact) mass is 212 g/mol. The van der Waals surface area contributed by atoms with Crippen LogP contribution in [0.3, 0.4) is 0 Å². The Balaban J connectivity index is 2.12. The van der Waals surface area contributed by atoms with Gasteiger partial charge in [-0.05, 0) is 25.7 Å². The molecule has 1 saturated carbocycles. The molecule has 1 aliphatic rings. The number of rotatable bonds is 3. The van der Waals surface area contributed by atoms with Gasteiger partial charge in [0.2, 0.25) is 0 Å². The third kappa shape index (κ3) is 4.81. The Bertz CT molecular complexity index is 170. The average Bonchev–Trinajstić information content (AvgIpc) is 2.01. The lowest BCUT2D eigenvalue weighted by Crippen LogP contribution is -2.27. The highest BCUT2D eigenvalue weighted by molar-refractivity contribution is 4.72. The first-order valence-electron chi connectivity index (χ1n) is 4.84. The van der Waals surface area contributed by atoms with Gasteiger partial charge in [0.15, 0.2) is 0 Å². The first-order chi connectivity index (χ1) is 6.47. The maximum Gasteiger partial charge on any atom is 0.391 e. The van der Waals surface area contributed by atoms with Crippen LogP contribution in [0.15, 0.2) is 0 Å². The predicted molar refractivity (Wildman–Crippen MR) is 44.9 cm³/mol. The highest BCUT2D eigenvalue weighted by atomic mass is 19.4. The number of aliphatic hydroxyl groups excluding tert-OH is 1. The van der Waals surface area contributed by atoms with Crippen molar-refractivity contribution >= 4 is 0 Å². The van der Waals surface area contributed by atoms with Crippen LogP contribution < -0.4 is 0 Å². The van der Waals surface area contributed by atoms with Crippen molar-refractivity contribution in [1.29, 1.82) is 0 Å². The van der Waals surface area contributed by atoms with Crippen LogP contribution in [0.4, 0.5) is 13.2 Å². The largest absolute Gasteiger partial charge is 0.393 e. The van der Waals surface area contributed by atoms with E-state index in [0.29, 0.717) is 6.42 Å². The SMILES string of the molecule is OC1CCCC(OCCC(F)(F)F)C1. The molecular weight excluding hydrogens is 197 g/mol. The molecule has 84 valence electrons. The summed E-state index contributed by atoms with van der Waals surface area (Å²) in [5.41, 5.74) is 0. The second-order valence-electron chi connectivity index (χ2n) is 3.68. The molecule has 0 amide bonds. The maximum atomic E-state index is 11.8. The third-order valence-corrected chi connectivity index (χ3v) is 2.34. The molecule has 1 rings (SSSR count). The zero-order valence-corrected chi connectivity index (χ0v) is 7.89. The van der Waals surface area contributed by atoms with Gasteiger partial charge in [-0.15, -0.1) is 0 Å². The number of hydrogen-bond acceptors (Lipinski definition) is 2. The van der Waals surface area contributed by atoms with Gasteiger partial charge in [0.25, 0.3) is 0 Å². The lowest BCUT2D eigenvalue weighted by atomic mass is 9.95. The second-order valence-corrected chi connectivity index (χ2v) is 3.68. The van der Waals surface area contributed by atoms with E-state index in [1.807, 2.05) is 0 Å². The molecule has 0 heterocycles. The molecule has 1 aliphatic carbocycles. The fourth-order valence-electron chi connectivity index (χ4n) is 1.61. The van der Waals surface area contributed by atoms with Crippen LogP contribution in [0.25, 0.3) is 0 Å². The summed E-state index contributed by atoms with van der Waals surface area (Å²) in [5.74, 6) is 0. The van der Waals surface area contributed by atoms with E-state index in [-0.39, 0.29) is 12.7 Å². The summed E-state index contributed by atoms with van der Waals surface area (Å²) in [6.07, 6.45) is -2.85. The van der Waals surface area contributed by atoms with Crippen LogP contribution in [-0.2, 0) is 4.74 Å². The van der Waals surface area contributed by atoms with E-state index in [9.17, 15) is 18.3 Å². The Morgan fingerprint density at radius 1 is 1.29 bits per heavy atom. The molecule has 0 aromatic rings. The summed E-state index contributed by atoms with van der Waals surface area (Å²) in [5, 5.41) is 9.24. The Morgan fingerprint density at radius 2 is 2.00 bits per heavy atom. The van der Waals surface area contributed by atoms with E-state index in [1.165, 1.54) is 0 Å². The van der Waals surface area contributed by atoms with Crippen molar-refractivity contribution in [3.8, 4) is 0 Å². The van der Waals surface area contributed by atoms with Gasteiger partial charge in [-0.1, -0.05) is 0 Å². The minimum Gasteiger partial charge on any atom is -0.393 e. The second kappa shape index (κ2) is 4.98. The van der Waals surface area contributed by atoms with Crippen molar-refractivity contribution in [3.05, 3.63) is 0 Å². The Labute approximate surface area is 81.1 Å². The molecule has 2 unspecified atom stereocenters. The van der Waals surface area contributed by atoms with Crippen LogP contribution in [-0.4, -0.2) is 30.1 Å². The lowest BCUT2D eigenvalue weighted by molar-refractivity contribution is -0.151. The van der Waals surface area contributed by atoms with Gasteiger partial charge in [0, 0.05) is 0 Å². The Kier molecular flexibility index (Phi) is 4.19. The lowest BCUT2D eigenvalue weighted by Gasteiger charge is -2.26. The molecule has 0 aromatic heterocycles. The van der Waals surface area contributed by atoms with E-state index >= 15 is 0 Å². The Hall–Kier alpha value is -0.290. The average molecular weight is 212 g/mol. The van der Waals surface area contributed by atoms with Gasteiger partial charge < -0.3 is 9.84 Å². The molecule has 0 bridgehead atoms. The van der Waals surface area contributed by atoms with Crippen molar-refractivity contribution in [2.24, 2.45) is 0 Å². The van der Waals surface area contributed by atoms with Crippen LogP contribution in [0.1, 0.15) is 32.1 Å². The number of hydrogen-bond donors (Lipinski definition) is 1. The number of ether oxygens (including phenoxy) is 1. The molecule has 1 fully saturated rings. The van der Waals surface area contributed by atoms with E-state index in [4.69, 9.17) is 4.74 Å². The minimum atomic E-state index is -4.15. The van der Waals surface area contributed by atoms with Gasteiger partial charge in [0.05, 0.1) is 25.2 Å². The summed E-state index contributed by atoms with van der Waals surface area (Å²) in [7, 11) is 0. The molecule has 5 heteroatoms. The van der Waals surface area contributed by atoms with Gasteiger partial charge in [-0.3, -0.25) is 0 Å². The van der Waals surface area contributed by atoms with Crippen molar-refractivity contribution in [3.63, 3.8) is 0 Å². The molecular formula is C9H15F3O2. The first-order valence-corrected chi connectivity index (χ1v) is 4.84. The fourth-order valence-corrected chi connectivity index (χ4v) is 1.61. The number of halogens is 3. The quantitative estimate of drug-likeness (QED) is 0.777. The maximum absolute atomic E-state index is 11.8. The van der Waals surface area contributed by atoms with Crippen LogP contribution in [0.2, 0.25) is 0 Å². The van der Waals surface area contributed by atoms with Crippen LogP contribution in [0.5, 0.6) is 0 Å². The van der Waals surface area contributed by atoms with Crippen molar-refractivity contribution in [2.75, 3.05) is 6.61 Å². The standard InChI is InChI=1S/C9H15F3O2/c10-9(11,12)4-5-14-8-3-1-2-7(13)6-8/h7-8,13H,1-6H2. The third-order valence-electron chi connectivity index (χ3n) is 2.34. The topological polar surface area (TPSA) is 29.5 Å². The highest BCUT2D eigenvalue weighted by Crippen LogP contribution is 2.23. The Morgan fingerprint density at radius 3 is 2.57 bits per heavy atom. The molecule has 0 saturated heterocycles. The molecule has 0 aromatic carbocycles. The van der Waals surface area contributed by atoms with E-state index in [1.54, 1.807) is 0 Å². The zero-order chi connectivity index (χ0) is 10.6. The highest BCUT2D eigenvalue weighted by Gasteiger charge is 2.28. The number of aliphatic hydroxyl groups is 1. The molecule has 1 N–H and O–H groups in total. The molecule has 2 atom stereocenters. The summed E-state index contributed by atoms with van der Waals surface area (Å²) < 4.78 is 40.3. The van der Waals surface area contributed by atoms with Gasteiger partial charge in [-0.25, -0.2) is 0 Å². The molecule has 0 spiro atoms. The van der Waals surface area contributed by atoms with Crippen LogP contribution in [0, 0.1) is 0 Å². The van der Waals surface area contributed by atoms with Crippen molar-refractivity contribution in [1.82, 2.24) is 0 Å². The van der Waals surface area contributed by atoms with Gasteiger partial charge in [0.1, 0.15) is 0 Å². The normalized spacial score (nSPS) is 29.1. The summed E-state index contributed by atoms with van der Waals surface area (Å²) >= 11 is 0. The van der Waals surface area contributed by atoms with E-state index < -0.39 is 18.7 Å². The van der Waals surface area contributed by atoms with E-state index in [2.05, 4.69) is 0 Å². The summed E-state index contributed by atoms with van der Waals surface area (Å²) in [6.45, 7) is -0.291. The minimum absolute atomic E-state index is 0.193. The summed E-state index contributed by atoms with van der Waals surface area (Å²) in [6, 6.07) is 0. The molecule has 2 nitrogen and oxygen atoms in total. The molecule has 14 heavy (non-hydrogen) atoms. The van der Waals surface area contributed by atoms with E-state index in [0.717, 1.165) is 19.3 Å². The molecule has 0 aliphatic heterocycles. The summed E-state index contributed by atoms with van der Waals surface area (Å²) in [4.78, 5) is 0. The predicted octanol–water partition coefficient (Wildman–Crippen LogP) is 2.26. The smallest absolute Gasteiger partial charge is 0.391 e. The van der Waals surface area contributed by atoms with Crippen LogP contribution >= 0.6 is 0 Å².